The van der Waals surface area contributed by atoms with Crippen molar-refractivity contribution in [3.8, 4) is 0 Å². The number of nitrogens with one attached hydrogen (secondary N) is 2. The van der Waals surface area contributed by atoms with Crippen LogP contribution in [0.5, 0.6) is 0 Å². The topological polar surface area (TPSA) is 98.7 Å². The molecule has 0 aliphatic heterocycles. The lowest BCUT2D eigenvalue weighted by atomic mass is 10.3. The molecule has 1 aromatic rings. The van der Waals surface area contributed by atoms with Crippen molar-refractivity contribution in [3.05, 3.63) is 20.8 Å². The minimum absolute atomic E-state index is 0.305. The van der Waals surface area contributed by atoms with Gasteiger partial charge < -0.3 is 20.8 Å². The van der Waals surface area contributed by atoms with E-state index in [1.54, 1.807) is 0 Å². The molecule has 0 fully saturated rings. The van der Waals surface area contributed by atoms with E-state index in [1.807, 2.05) is 11.4 Å². The average molecular weight is 323 g/mol. The van der Waals surface area contributed by atoms with Crippen molar-refractivity contribution in [3.63, 3.8) is 0 Å². The van der Waals surface area contributed by atoms with Crippen LogP contribution in [0.2, 0.25) is 0 Å². The lowest BCUT2D eigenvalue weighted by molar-refractivity contribution is -0.140. The van der Waals surface area contributed by atoms with Gasteiger partial charge in [0.25, 0.3) is 0 Å². The first-order chi connectivity index (χ1) is 8.02. The number of urea groups is 1. The summed E-state index contributed by atoms with van der Waals surface area (Å²) in [5.41, 5.74) is 0. The minimum Gasteiger partial charge on any atom is -0.480 e. The summed E-state index contributed by atoms with van der Waals surface area (Å²) < 4.78 is 0.929. The molecule has 17 heavy (non-hydrogen) atoms. The van der Waals surface area contributed by atoms with Gasteiger partial charge in [0.1, 0.15) is 0 Å². The Labute approximate surface area is 110 Å². The van der Waals surface area contributed by atoms with E-state index in [0.29, 0.717) is 6.54 Å². The quantitative estimate of drug-likeness (QED) is 0.643. The molecule has 1 unspecified atom stereocenters. The van der Waals surface area contributed by atoms with Crippen LogP contribution >= 0.6 is 27.3 Å². The first-order valence-electron chi connectivity index (χ1n) is 4.64. The molecular weight excluding hydrogens is 312 g/mol. The van der Waals surface area contributed by atoms with E-state index in [2.05, 4.69) is 26.6 Å². The van der Waals surface area contributed by atoms with Gasteiger partial charge in [-0.2, -0.15) is 0 Å². The van der Waals surface area contributed by atoms with Gasteiger partial charge in [-0.1, -0.05) is 0 Å². The summed E-state index contributed by atoms with van der Waals surface area (Å²) in [7, 11) is 0. The van der Waals surface area contributed by atoms with Gasteiger partial charge in [-0.15, -0.1) is 11.3 Å². The Morgan fingerprint density at radius 3 is 2.71 bits per heavy atom. The van der Waals surface area contributed by atoms with Gasteiger partial charge in [0, 0.05) is 14.7 Å². The largest absolute Gasteiger partial charge is 0.480 e. The molecular formula is C9H11BrN2O4S. The number of aliphatic carboxylic acids is 1. The van der Waals surface area contributed by atoms with Crippen LogP contribution in [0.1, 0.15) is 4.88 Å². The number of halogens is 1. The monoisotopic (exact) mass is 322 g/mol. The molecule has 4 N–H and O–H groups in total. The number of amides is 2. The number of carboxylic acids is 1. The number of carbonyl (C=O) groups excluding carboxylic acids is 1. The fraction of sp³-hybridized carbons (Fsp3) is 0.333. The fourth-order valence-corrected chi connectivity index (χ4v) is 2.40. The third kappa shape index (κ3) is 4.72. The third-order valence-electron chi connectivity index (χ3n) is 1.83. The Kier molecular flexibility index (Phi) is 5.39. The number of hydrogen-bond acceptors (Lipinski definition) is 4. The Morgan fingerprint density at radius 2 is 2.24 bits per heavy atom. The zero-order valence-electron chi connectivity index (χ0n) is 8.64. The molecule has 0 radical (unpaired) electrons. The molecule has 0 saturated heterocycles. The van der Waals surface area contributed by atoms with E-state index in [-0.39, 0.29) is 0 Å². The molecule has 0 bridgehead atoms. The van der Waals surface area contributed by atoms with Crippen molar-refractivity contribution in [2.45, 2.75) is 12.6 Å². The highest BCUT2D eigenvalue weighted by molar-refractivity contribution is 9.10. The van der Waals surface area contributed by atoms with Crippen molar-refractivity contribution < 1.29 is 19.8 Å². The van der Waals surface area contributed by atoms with Crippen molar-refractivity contribution in [2.75, 3.05) is 6.61 Å². The molecule has 2 amide bonds. The molecule has 0 aromatic carbocycles. The second-order valence-electron chi connectivity index (χ2n) is 3.13. The normalized spacial score (nSPS) is 11.9. The van der Waals surface area contributed by atoms with Crippen LogP contribution in [0.25, 0.3) is 0 Å². The van der Waals surface area contributed by atoms with Crippen molar-refractivity contribution in [1.82, 2.24) is 10.6 Å². The van der Waals surface area contributed by atoms with Crippen LogP contribution in [-0.2, 0) is 11.3 Å². The SMILES string of the molecule is O=C(NCc1cc(Br)cs1)NC(CO)C(=O)O. The van der Waals surface area contributed by atoms with Gasteiger partial charge in [0.15, 0.2) is 6.04 Å². The number of aliphatic hydroxyl groups is 1. The molecule has 1 rings (SSSR count). The second kappa shape index (κ2) is 6.58. The van der Waals surface area contributed by atoms with E-state index >= 15 is 0 Å². The van der Waals surface area contributed by atoms with Gasteiger partial charge in [-0.05, 0) is 22.0 Å². The predicted octanol–water partition coefficient (Wildman–Crippen LogP) is 0.755. The molecule has 0 spiro atoms. The average Bonchev–Trinajstić information content (AvgIpc) is 2.68. The van der Waals surface area contributed by atoms with E-state index < -0.39 is 24.6 Å². The van der Waals surface area contributed by atoms with Crippen LogP contribution in [0.4, 0.5) is 4.79 Å². The van der Waals surface area contributed by atoms with Gasteiger partial charge in [-0.3, -0.25) is 0 Å². The number of aliphatic hydroxyl groups excluding tert-OH is 1. The highest BCUT2D eigenvalue weighted by atomic mass is 79.9. The summed E-state index contributed by atoms with van der Waals surface area (Å²) in [5.74, 6) is -1.28. The first-order valence-corrected chi connectivity index (χ1v) is 6.31. The van der Waals surface area contributed by atoms with Crippen LogP contribution in [0.15, 0.2) is 15.9 Å². The lowest BCUT2D eigenvalue weighted by Crippen LogP contribution is -2.47. The van der Waals surface area contributed by atoms with Gasteiger partial charge in [0.05, 0.1) is 13.2 Å². The maximum absolute atomic E-state index is 11.3. The Bertz CT molecular complexity index is 409. The fourth-order valence-electron chi connectivity index (χ4n) is 1.01. The molecule has 1 atom stereocenters. The Balaban J connectivity index is 2.37. The van der Waals surface area contributed by atoms with Crippen LogP contribution in [0, 0.1) is 0 Å². The number of hydrogen-bond donors (Lipinski definition) is 4. The summed E-state index contributed by atoms with van der Waals surface area (Å²) >= 11 is 4.75. The van der Waals surface area contributed by atoms with E-state index in [9.17, 15) is 9.59 Å². The maximum Gasteiger partial charge on any atom is 0.328 e. The molecule has 0 aliphatic rings. The van der Waals surface area contributed by atoms with Crippen molar-refractivity contribution in [2.24, 2.45) is 0 Å². The molecule has 6 nitrogen and oxygen atoms in total. The molecule has 1 aromatic heterocycles. The number of rotatable bonds is 5. The van der Waals surface area contributed by atoms with Gasteiger partial charge in [-0.25, -0.2) is 9.59 Å². The maximum atomic E-state index is 11.3. The lowest BCUT2D eigenvalue weighted by Gasteiger charge is -2.11. The summed E-state index contributed by atoms with van der Waals surface area (Å²) in [4.78, 5) is 22.8. The van der Waals surface area contributed by atoms with Crippen molar-refractivity contribution >= 4 is 39.3 Å². The zero-order chi connectivity index (χ0) is 12.8. The number of carbonyl (C=O) groups is 2. The highest BCUT2D eigenvalue weighted by Gasteiger charge is 2.18. The number of carboxylic acid groups (broad SMARTS) is 1. The molecule has 0 saturated carbocycles. The van der Waals surface area contributed by atoms with Crippen molar-refractivity contribution in [1.29, 1.82) is 0 Å². The predicted molar refractivity (Wildman–Crippen MR) is 65.9 cm³/mol. The molecule has 0 aliphatic carbocycles. The van der Waals surface area contributed by atoms with Gasteiger partial charge in [0.2, 0.25) is 0 Å². The van der Waals surface area contributed by atoms with E-state index in [0.717, 1.165) is 9.35 Å². The molecule has 94 valence electrons. The van der Waals surface area contributed by atoms with Crippen LogP contribution in [-0.4, -0.2) is 34.9 Å². The first kappa shape index (κ1) is 13.9. The molecule has 8 heteroatoms. The minimum atomic E-state index is -1.29. The van der Waals surface area contributed by atoms with Crippen LogP contribution in [0.3, 0.4) is 0 Å². The number of thiophene rings is 1. The van der Waals surface area contributed by atoms with Gasteiger partial charge >= 0.3 is 12.0 Å². The van der Waals surface area contributed by atoms with Crippen LogP contribution < -0.4 is 10.6 Å². The summed E-state index contributed by atoms with van der Waals surface area (Å²) in [6.45, 7) is -0.340. The smallest absolute Gasteiger partial charge is 0.328 e. The molecule has 1 heterocycles. The summed E-state index contributed by atoms with van der Waals surface area (Å²) in [6.07, 6.45) is 0. The van der Waals surface area contributed by atoms with E-state index in [4.69, 9.17) is 10.2 Å². The Morgan fingerprint density at radius 1 is 1.53 bits per heavy atom. The third-order valence-corrected chi connectivity index (χ3v) is 3.53. The standard InChI is InChI=1S/C9H11BrN2O4S/c10-5-1-6(17-4-5)2-11-9(16)12-7(3-13)8(14)15/h1,4,7,13H,2-3H2,(H,14,15)(H2,11,12,16). The summed E-state index contributed by atoms with van der Waals surface area (Å²) in [5, 5.41) is 23.8. The zero-order valence-corrected chi connectivity index (χ0v) is 11.0. The second-order valence-corrected chi connectivity index (χ2v) is 5.04. The summed E-state index contributed by atoms with van der Waals surface area (Å²) in [6, 6.07) is -0.0629. The highest BCUT2D eigenvalue weighted by Crippen LogP contribution is 2.19. The Hall–Kier alpha value is -1.12. The van der Waals surface area contributed by atoms with E-state index in [1.165, 1.54) is 11.3 Å².